The minimum atomic E-state index is 0.791. The van der Waals surface area contributed by atoms with Gasteiger partial charge in [0.15, 0.2) is 0 Å². The Morgan fingerprint density at radius 3 is 1.95 bits per heavy atom. The summed E-state index contributed by atoms with van der Waals surface area (Å²) in [5.41, 5.74) is 2.89. The number of hydrogen-bond donors (Lipinski definition) is 0. The lowest BCUT2D eigenvalue weighted by Gasteiger charge is -2.34. The van der Waals surface area contributed by atoms with E-state index < -0.39 is 0 Å². The molecule has 1 nitrogen and oxygen atoms in total. The molecule has 2 aromatic carbocycles. The quantitative estimate of drug-likeness (QED) is 0.759. The van der Waals surface area contributed by atoms with Gasteiger partial charge in [-0.2, -0.15) is 0 Å². The molecule has 4 rings (SSSR count). The van der Waals surface area contributed by atoms with Gasteiger partial charge >= 0.3 is 0 Å². The van der Waals surface area contributed by atoms with Gasteiger partial charge in [-0.3, -0.25) is 4.90 Å². The van der Waals surface area contributed by atoms with Crippen molar-refractivity contribution in [1.29, 1.82) is 0 Å². The Bertz CT molecular complexity index is 550. The smallest absolute Gasteiger partial charge is 0.0240 e. The molecule has 22 heavy (non-hydrogen) atoms. The lowest BCUT2D eigenvalue weighted by atomic mass is 9.93. The number of fused-ring (bicyclic) bond motifs is 1. The summed E-state index contributed by atoms with van der Waals surface area (Å²) < 4.78 is 0. The molecule has 114 valence electrons. The van der Waals surface area contributed by atoms with Crippen molar-refractivity contribution in [1.82, 2.24) is 4.90 Å². The van der Waals surface area contributed by atoms with Gasteiger partial charge in [0.25, 0.3) is 0 Å². The van der Waals surface area contributed by atoms with Crippen LogP contribution in [0.1, 0.15) is 36.8 Å². The van der Waals surface area contributed by atoms with Crippen LogP contribution in [0, 0.1) is 11.8 Å². The van der Waals surface area contributed by atoms with Crippen molar-refractivity contribution < 1.29 is 0 Å². The Morgan fingerprint density at radius 2 is 1.36 bits per heavy atom. The molecule has 2 saturated carbocycles. The van der Waals surface area contributed by atoms with Gasteiger partial charge in [0.2, 0.25) is 0 Å². The Balaban J connectivity index is 1.54. The highest BCUT2D eigenvalue weighted by molar-refractivity contribution is 5.18. The summed E-state index contributed by atoms with van der Waals surface area (Å²) >= 11 is 0. The van der Waals surface area contributed by atoms with Crippen molar-refractivity contribution in [2.24, 2.45) is 11.8 Å². The Morgan fingerprint density at radius 1 is 0.773 bits per heavy atom. The fraction of sp³-hybridized carbons (Fsp3) is 0.429. The summed E-state index contributed by atoms with van der Waals surface area (Å²) in [6.07, 6.45) is 5.77. The SMILES string of the molecule is c1ccc(CN(Cc2ccccc2)[C@@H]2CCC[C@@H]3C[C@@H]32)cc1. The van der Waals surface area contributed by atoms with E-state index in [1.165, 1.54) is 36.8 Å². The first-order valence-corrected chi connectivity index (χ1v) is 8.72. The molecule has 3 atom stereocenters. The van der Waals surface area contributed by atoms with Gasteiger partial charge in [-0.05, 0) is 35.8 Å². The molecule has 0 amide bonds. The second-order valence-corrected chi connectivity index (χ2v) is 7.03. The number of hydrogen-bond acceptors (Lipinski definition) is 1. The molecule has 0 aliphatic heterocycles. The van der Waals surface area contributed by atoms with Crippen molar-refractivity contribution >= 4 is 0 Å². The summed E-state index contributed by atoms with van der Waals surface area (Å²) in [6, 6.07) is 22.7. The highest BCUT2D eigenvalue weighted by Gasteiger charge is 2.47. The summed E-state index contributed by atoms with van der Waals surface area (Å²) in [5.74, 6) is 2.01. The molecule has 2 aliphatic rings. The van der Waals surface area contributed by atoms with Gasteiger partial charge in [-0.25, -0.2) is 0 Å². The van der Waals surface area contributed by atoms with E-state index in [9.17, 15) is 0 Å². The normalized spacial score (nSPS) is 26.7. The van der Waals surface area contributed by atoms with Crippen molar-refractivity contribution in [2.75, 3.05) is 0 Å². The van der Waals surface area contributed by atoms with Crippen LogP contribution in [-0.4, -0.2) is 10.9 Å². The predicted octanol–water partition coefficient (Wildman–Crippen LogP) is 4.88. The molecular formula is C21H25N. The summed E-state index contributed by atoms with van der Waals surface area (Å²) in [4.78, 5) is 2.74. The zero-order valence-electron chi connectivity index (χ0n) is 13.2. The van der Waals surface area contributed by atoms with Crippen LogP contribution in [-0.2, 0) is 13.1 Å². The fourth-order valence-corrected chi connectivity index (χ4v) is 4.26. The molecule has 0 aromatic heterocycles. The topological polar surface area (TPSA) is 3.24 Å². The number of benzene rings is 2. The molecule has 2 fully saturated rings. The van der Waals surface area contributed by atoms with Crippen LogP contribution >= 0.6 is 0 Å². The van der Waals surface area contributed by atoms with E-state index in [0.29, 0.717) is 0 Å². The lowest BCUT2D eigenvalue weighted by molar-refractivity contribution is 0.128. The molecule has 0 radical (unpaired) electrons. The Kier molecular flexibility index (Phi) is 3.99. The third kappa shape index (κ3) is 3.10. The second-order valence-electron chi connectivity index (χ2n) is 7.03. The maximum absolute atomic E-state index is 2.74. The zero-order chi connectivity index (χ0) is 14.8. The molecule has 0 heterocycles. The molecule has 0 N–H and O–H groups in total. The first kappa shape index (κ1) is 14.0. The van der Waals surface area contributed by atoms with Crippen molar-refractivity contribution in [3.05, 3.63) is 71.8 Å². The maximum atomic E-state index is 2.74. The second kappa shape index (κ2) is 6.26. The fourth-order valence-electron chi connectivity index (χ4n) is 4.26. The number of nitrogens with zero attached hydrogens (tertiary/aromatic N) is 1. The van der Waals surface area contributed by atoms with Crippen LogP contribution in [0.4, 0.5) is 0 Å². The highest BCUT2D eigenvalue weighted by atomic mass is 15.2. The third-order valence-electron chi connectivity index (χ3n) is 5.47. The van der Waals surface area contributed by atoms with Gasteiger partial charge in [-0.15, -0.1) is 0 Å². The minimum absolute atomic E-state index is 0.791. The average molecular weight is 291 g/mol. The molecule has 0 bridgehead atoms. The molecule has 0 saturated heterocycles. The van der Waals surface area contributed by atoms with Crippen LogP contribution in [0.15, 0.2) is 60.7 Å². The van der Waals surface area contributed by atoms with Crippen molar-refractivity contribution in [3.8, 4) is 0 Å². The highest BCUT2D eigenvalue weighted by Crippen LogP contribution is 2.51. The number of rotatable bonds is 5. The Hall–Kier alpha value is -1.60. The third-order valence-corrected chi connectivity index (χ3v) is 5.47. The van der Waals surface area contributed by atoms with Gasteiger partial charge in [0, 0.05) is 19.1 Å². The first-order valence-electron chi connectivity index (χ1n) is 8.72. The molecule has 0 spiro atoms. The summed E-state index contributed by atoms with van der Waals surface area (Å²) in [6.45, 7) is 2.17. The van der Waals surface area contributed by atoms with E-state index in [0.717, 1.165) is 31.0 Å². The van der Waals surface area contributed by atoms with Crippen LogP contribution < -0.4 is 0 Å². The standard InChI is InChI=1S/C21H25N/c1-3-8-17(9-4-1)15-22(16-18-10-5-2-6-11-18)21-13-7-12-19-14-20(19)21/h1-6,8-11,19-21H,7,12-16H2/t19-,20+,21-/m1/s1. The molecule has 1 heteroatoms. The van der Waals surface area contributed by atoms with Gasteiger partial charge in [0.05, 0.1) is 0 Å². The summed E-state index contributed by atoms with van der Waals surface area (Å²) in [5, 5.41) is 0. The molecular weight excluding hydrogens is 266 g/mol. The molecule has 2 aliphatic carbocycles. The van der Waals surface area contributed by atoms with Crippen LogP contribution in [0.5, 0.6) is 0 Å². The van der Waals surface area contributed by atoms with Crippen molar-refractivity contribution in [3.63, 3.8) is 0 Å². The summed E-state index contributed by atoms with van der Waals surface area (Å²) in [7, 11) is 0. The average Bonchev–Trinajstić information content (AvgIpc) is 3.36. The van der Waals surface area contributed by atoms with Crippen LogP contribution in [0.25, 0.3) is 0 Å². The molecule has 2 aromatic rings. The zero-order valence-corrected chi connectivity index (χ0v) is 13.2. The lowest BCUT2D eigenvalue weighted by Crippen LogP contribution is -2.37. The minimum Gasteiger partial charge on any atom is -0.292 e. The van der Waals surface area contributed by atoms with Crippen molar-refractivity contribution in [2.45, 2.75) is 44.8 Å². The van der Waals surface area contributed by atoms with Crippen LogP contribution in [0.2, 0.25) is 0 Å². The van der Waals surface area contributed by atoms with Crippen LogP contribution in [0.3, 0.4) is 0 Å². The van der Waals surface area contributed by atoms with E-state index in [4.69, 9.17) is 0 Å². The monoisotopic (exact) mass is 291 g/mol. The maximum Gasteiger partial charge on any atom is 0.0240 e. The van der Waals surface area contributed by atoms with E-state index in [2.05, 4.69) is 65.6 Å². The Labute approximate surface area is 134 Å². The van der Waals surface area contributed by atoms with Gasteiger partial charge in [-0.1, -0.05) is 73.5 Å². The predicted molar refractivity (Wildman–Crippen MR) is 91.4 cm³/mol. The molecule has 0 unspecified atom stereocenters. The van der Waals surface area contributed by atoms with E-state index in [1.807, 2.05) is 0 Å². The van der Waals surface area contributed by atoms with Gasteiger partial charge in [0.1, 0.15) is 0 Å². The van der Waals surface area contributed by atoms with E-state index >= 15 is 0 Å². The van der Waals surface area contributed by atoms with E-state index in [1.54, 1.807) is 0 Å². The van der Waals surface area contributed by atoms with Gasteiger partial charge < -0.3 is 0 Å². The van der Waals surface area contributed by atoms with E-state index in [-0.39, 0.29) is 0 Å². The first-order chi connectivity index (χ1) is 10.9. The largest absolute Gasteiger partial charge is 0.292 e.